The van der Waals surface area contributed by atoms with Crippen LogP contribution in [-0.2, 0) is 12.7 Å². The Balaban J connectivity index is 1.77. The fraction of sp³-hybridized carbons (Fsp3) is 0.471. The van der Waals surface area contributed by atoms with Gasteiger partial charge in [0.25, 0.3) is 0 Å². The molecule has 6 nitrogen and oxygen atoms in total. The first-order chi connectivity index (χ1) is 13.4. The second kappa shape index (κ2) is 7.31. The van der Waals surface area contributed by atoms with Gasteiger partial charge in [-0.25, -0.2) is 0 Å². The van der Waals surface area contributed by atoms with Crippen LogP contribution < -0.4 is 0 Å². The largest absolute Gasteiger partial charge is 0.471 e. The molecule has 1 fully saturated rings. The molecule has 1 aromatic heterocycles. The highest BCUT2D eigenvalue weighted by atomic mass is 19.4. The molecule has 1 aliphatic rings. The predicted octanol–water partition coefficient (Wildman–Crippen LogP) is 3.74. The first-order valence-electron chi connectivity index (χ1n) is 8.34. The number of hydrogen-bond acceptors (Lipinski definition) is 6. The Kier molecular flexibility index (Phi) is 5.31. The van der Waals surface area contributed by atoms with Gasteiger partial charge in [-0.15, -0.1) is 0 Å². The summed E-state index contributed by atoms with van der Waals surface area (Å²) in [4.78, 5) is 3.98. The van der Waals surface area contributed by atoms with E-state index in [1.807, 2.05) is 6.07 Å². The molecule has 1 unspecified atom stereocenters. The lowest BCUT2D eigenvalue weighted by Gasteiger charge is -2.31. The maximum atomic E-state index is 12.9. The van der Waals surface area contributed by atoms with Gasteiger partial charge in [0, 0.05) is 12.1 Å². The van der Waals surface area contributed by atoms with Crippen molar-refractivity contribution in [3.8, 4) is 17.5 Å². The van der Waals surface area contributed by atoms with Gasteiger partial charge in [0.05, 0.1) is 18.0 Å². The second-order valence-corrected chi connectivity index (χ2v) is 6.78. The molecule has 1 atom stereocenters. The SMILES string of the molecule is N#CC1(C(O)N(Cc2ccc(-c3noc(C(F)(F)F)n3)cc2)CC(F)(F)F)CC1. The van der Waals surface area contributed by atoms with E-state index in [4.69, 9.17) is 5.26 Å². The van der Waals surface area contributed by atoms with Gasteiger partial charge >= 0.3 is 18.2 Å². The number of hydrogen-bond donors (Lipinski definition) is 1. The number of aliphatic hydroxyl groups excluding tert-OH is 1. The molecule has 156 valence electrons. The molecule has 3 rings (SSSR count). The predicted molar refractivity (Wildman–Crippen MR) is 84.5 cm³/mol. The first-order valence-corrected chi connectivity index (χ1v) is 8.34. The van der Waals surface area contributed by atoms with E-state index >= 15 is 0 Å². The van der Waals surface area contributed by atoms with Crippen molar-refractivity contribution in [1.82, 2.24) is 15.0 Å². The van der Waals surface area contributed by atoms with Crippen molar-refractivity contribution >= 4 is 0 Å². The number of rotatable bonds is 6. The minimum absolute atomic E-state index is 0.173. The van der Waals surface area contributed by atoms with Gasteiger partial charge in [-0.05, 0) is 18.4 Å². The molecule has 12 heteroatoms. The standard InChI is InChI=1S/C17H14F6N4O2/c18-16(19,20)9-27(14(28)15(8-24)5-6-15)7-10-1-3-11(4-2-10)12-25-13(29-26-12)17(21,22)23/h1-4,14,28H,5-7,9H2. The summed E-state index contributed by atoms with van der Waals surface area (Å²) in [6.07, 6.45) is -10.4. The Hall–Kier alpha value is -2.65. The summed E-state index contributed by atoms with van der Waals surface area (Å²) in [7, 11) is 0. The van der Waals surface area contributed by atoms with Gasteiger partial charge in [-0.3, -0.25) is 4.90 Å². The molecule has 0 radical (unpaired) electrons. The summed E-state index contributed by atoms with van der Waals surface area (Å²) in [6.45, 7) is -1.73. The van der Waals surface area contributed by atoms with Gasteiger partial charge in [0.1, 0.15) is 6.23 Å². The molecule has 1 aliphatic carbocycles. The Morgan fingerprint density at radius 3 is 2.24 bits per heavy atom. The van der Waals surface area contributed by atoms with Crippen LogP contribution in [-0.4, -0.2) is 39.1 Å². The van der Waals surface area contributed by atoms with Gasteiger partial charge in [-0.2, -0.15) is 36.6 Å². The van der Waals surface area contributed by atoms with Crippen LogP contribution >= 0.6 is 0 Å². The van der Waals surface area contributed by atoms with E-state index in [0.717, 1.165) is 4.90 Å². The molecular weight excluding hydrogens is 406 g/mol. The molecule has 0 bridgehead atoms. The van der Waals surface area contributed by atoms with Gasteiger partial charge < -0.3 is 9.63 Å². The summed E-state index contributed by atoms with van der Waals surface area (Å²) in [5.74, 6) is -1.83. The maximum absolute atomic E-state index is 12.9. The minimum Gasteiger partial charge on any atom is -0.377 e. The van der Waals surface area contributed by atoms with Crippen LogP contribution in [0.3, 0.4) is 0 Å². The molecule has 2 aromatic rings. The monoisotopic (exact) mass is 420 g/mol. The zero-order chi connectivity index (χ0) is 21.4. The van der Waals surface area contributed by atoms with Crippen molar-refractivity contribution in [3.63, 3.8) is 0 Å². The zero-order valence-corrected chi connectivity index (χ0v) is 14.6. The van der Waals surface area contributed by atoms with Crippen LogP contribution in [0.25, 0.3) is 11.4 Å². The number of aromatic nitrogens is 2. The third-order valence-electron chi connectivity index (χ3n) is 4.50. The molecule has 1 saturated carbocycles. The third-order valence-corrected chi connectivity index (χ3v) is 4.50. The van der Waals surface area contributed by atoms with Crippen molar-refractivity contribution in [1.29, 1.82) is 5.26 Å². The minimum atomic E-state index is -4.79. The highest BCUT2D eigenvalue weighted by Crippen LogP contribution is 2.49. The Morgan fingerprint density at radius 2 is 1.79 bits per heavy atom. The molecule has 29 heavy (non-hydrogen) atoms. The van der Waals surface area contributed by atoms with Crippen LogP contribution in [0.4, 0.5) is 26.3 Å². The average Bonchev–Trinajstić information content (AvgIpc) is 3.26. The maximum Gasteiger partial charge on any atom is 0.471 e. The van der Waals surface area contributed by atoms with Crippen LogP contribution in [0, 0.1) is 16.7 Å². The molecular formula is C17H14F6N4O2. The lowest BCUT2D eigenvalue weighted by Crippen LogP contribution is -2.45. The highest BCUT2D eigenvalue weighted by molar-refractivity contribution is 5.54. The average molecular weight is 420 g/mol. The molecule has 1 aromatic carbocycles. The van der Waals surface area contributed by atoms with Crippen molar-refractivity contribution in [2.24, 2.45) is 5.41 Å². The Labute approximate surface area is 160 Å². The summed E-state index contributed by atoms with van der Waals surface area (Å²) in [5, 5.41) is 22.7. The molecule has 1 heterocycles. The number of nitrogens with zero attached hydrogens (tertiary/aromatic N) is 4. The number of alkyl halides is 6. The number of benzene rings is 1. The van der Waals surface area contributed by atoms with E-state index in [1.165, 1.54) is 24.3 Å². The number of aliphatic hydroxyl groups is 1. The molecule has 0 amide bonds. The van der Waals surface area contributed by atoms with Gasteiger partial charge in [0.15, 0.2) is 0 Å². The lowest BCUT2D eigenvalue weighted by atomic mass is 10.0. The lowest BCUT2D eigenvalue weighted by molar-refractivity contribution is -0.174. The first kappa shape index (κ1) is 21.1. The Bertz CT molecular complexity index is 896. The Morgan fingerprint density at radius 1 is 1.17 bits per heavy atom. The summed E-state index contributed by atoms with van der Waals surface area (Å²) in [6, 6.07) is 7.28. The molecule has 0 spiro atoms. The van der Waals surface area contributed by atoms with E-state index in [9.17, 15) is 31.4 Å². The second-order valence-electron chi connectivity index (χ2n) is 6.78. The molecule has 0 aliphatic heterocycles. The molecule has 0 saturated heterocycles. The van der Waals surface area contributed by atoms with E-state index in [-0.39, 0.29) is 17.9 Å². The van der Waals surface area contributed by atoms with Crippen molar-refractivity contribution in [3.05, 3.63) is 35.7 Å². The van der Waals surface area contributed by atoms with Crippen LogP contribution in [0.15, 0.2) is 28.8 Å². The molecule has 1 N–H and O–H groups in total. The number of nitriles is 1. The summed E-state index contributed by atoms with van der Waals surface area (Å²) >= 11 is 0. The van der Waals surface area contributed by atoms with Crippen LogP contribution in [0.2, 0.25) is 0 Å². The van der Waals surface area contributed by atoms with E-state index in [0.29, 0.717) is 18.4 Å². The fourth-order valence-electron chi connectivity index (χ4n) is 2.82. The van der Waals surface area contributed by atoms with E-state index in [1.54, 1.807) is 0 Å². The van der Waals surface area contributed by atoms with Crippen molar-refractivity contribution in [2.75, 3.05) is 6.54 Å². The smallest absolute Gasteiger partial charge is 0.377 e. The van der Waals surface area contributed by atoms with Gasteiger partial charge in [-0.1, -0.05) is 29.4 Å². The van der Waals surface area contributed by atoms with E-state index in [2.05, 4.69) is 14.7 Å². The number of halogens is 6. The summed E-state index contributed by atoms with van der Waals surface area (Å²) < 4.78 is 80.4. The van der Waals surface area contributed by atoms with Gasteiger partial charge in [0.2, 0.25) is 5.82 Å². The highest BCUT2D eigenvalue weighted by Gasteiger charge is 2.53. The summed E-state index contributed by atoms with van der Waals surface area (Å²) in [5.41, 5.74) is -0.693. The van der Waals surface area contributed by atoms with Crippen LogP contribution in [0.5, 0.6) is 0 Å². The van der Waals surface area contributed by atoms with Crippen LogP contribution in [0.1, 0.15) is 24.3 Å². The zero-order valence-electron chi connectivity index (χ0n) is 14.6. The fourth-order valence-corrected chi connectivity index (χ4v) is 2.82. The van der Waals surface area contributed by atoms with Crippen molar-refractivity contribution < 1.29 is 36.0 Å². The third kappa shape index (κ3) is 4.86. The quantitative estimate of drug-likeness (QED) is 0.566. The van der Waals surface area contributed by atoms with E-state index < -0.39 is 36.4 Å². The normalized spacial score (nSPS) is 17.2. The van der Waals surface area contributed by atoms with Crippen molar-refractivity contribution in [2.45, 2.75) is 38.0 Å². The topological polar surface area (TPSA) is 86.2 Å².